The Balaban J connectivity index is 1.23. The average molecular weight is 457 g/mol. The number of carbonyl (C=O) groups excluding carboxylic acids is 1. The van der Waals surface area contributed by atoms with Crippen LogP contribution in [0.25, 0.3) is 5.69 Å². The molecule has 1 N–H and O–H groups in total. The van der Waals surface area contributed by atoms with Crippen molar-refractivity contribution in [2.24, 2.45) is 0 Å². The smallest absolute Gasteiger partial charge is 0.230 e. The van der Waals surface area contributed by atoms with E-state index in [-0.39, 0.29) is 17.8 Å². The quantitative estimate of drug-likeness (QED) is 0.524. The zero-order valence-electron chi connectivity index (χ0n) is 17.1. The van der Waals surface area contributed by atoms with Crippen molar-refractivity contribution in [1.82, 2.24) is 19.8 Å². The molecule has 1 aliphatic rings. The number of imidazole rings is 1. The van der Waals surface area contributed by atoms with Crippen molar-refractivity contribution >= 4 is 29.3 Å². The summed E-state index contributed by atoms with van der Waals surface area (Å²) in [4.78, 5) is 19.1. The standard InChI is InChI=1S/C23H25ClN4O2S/c24-19-7-4-8-20(13-19)28-10-9-25-23(28)31-17-22(29)26-14-21-16-27(11-12-30-21)15-18-5-2-1-3-6-18/h1-10,13,21H,11-12,14-17H2,(H,26,29). The molecule has 0 spiro atoms. The van der Waals surface area contributed by atoms with Crippen LogP contribution in [0.4, 0.5) is 0 Å². The molecule has 6 nitrogen and oxygen atoms in total. The van der Waals surface area contributed by atoms with Crippen LogP contribution in [0.3, 0.4) is 0 Å². The van der Waals surface area contributed by atoms with Crippen LogP contribution in [0.15, 0.2) is 72.1 Å². The molecular formula is C23H25ClN4O2S. The average Bonchev–Trinajstić information content (AvgIpc) is 3.26. The van der Waals surface area contributed by atoms with Crippen molar-refractivity contribution < 1.29 is 9.53 Å². The molecule has 1 fully saturated rings. The Morgan fingerprint density at radius 3 is 2.94 bits per heavy atom. The lowest BCUT2D eigenvalue weighted by Gasteiger charge is -2.33. The summed E-state index contributed by atoms with van der Waals surface area (Å²) < 4.78 is 7.77. The van der Waals surface area contributed by atoms with Crippen molar-refractivity contribution in [2.45, 2.75) is 17.8 Å². The summed E-state index contributed by atoms with van der Waals surface area (Å²) >= 11 is 7.49. The molecule has 0 aliphatic carbocycles. The van der Waals surface area contributed by atoms with Crippen LogP contribution in [0, 0.1) is 0 Å². The highest BCUT2D eigenvalue weighted by Gasteiger charge is 2.21. The lowest BCUT2D eigenvalue weighted by atomic mass is 10.2. The Morgan fingerprint density at radius 2 is 2.10 bits per heavy atom. The van der Waals surface area contributed by atoms with E-state index in [0.29, 0.717) is 18.2 Å². The van der Waals surface area contributed by atoms with Gasteiger partial charge in [0.05, 0.1) is 18.5 Å². The minimum absolute atomic E-state index is 0.000130. The Kier molecular flexibility index (Phi) is 7.64. The minimum Gasteiger partial charge on any atom is -0.374 e. The SMILES string of the molecule is O=C(CSc1nccn1-c1cccc(Cl)c1)NCC1CN(Cc2ccccc2)CCO1. The highest BCUT2D eigenvalue weighted by atomic mass is 35.5. The van der Waals surface area contributed by atoms with E-state index in [9.17, 15) is 4.79 Å². The number of halogens is 1. The van der Waals surface area contributed by atoms with E-state index in [1.807, 2.05) is 41.1 Å². The Morgan fingerprint density at radius 1 is 1.23 bits per heavy atom. The molecule has 4 rings (SSSR count). The predicted octanol–water partition coefficient (Wildman–Crippen LogP) is 3.64. The van der Waals surface area contributed by atoms with E-state index >= 15 is 0 Å². The maximum Gasteiger partial charge on any atom is 0.230 e. The molecular weight excluding hydrogens is 432 g/mol. The second-order valence-electron chi connectivity index (χ2n) is 7.37. The lowest BCUT2D eigenvalue weighted by molar-refractivity contribution is -0.119. The molecule has 8 heteroatoms. The molecule has 31 heavy (non-hydrogen) atoms. The fraction of sp³-hybridized carbons (Fsp3) is 0.304. The number of carbonyl (C=O) groups is 1. The third-order valence-electron chi connectivity index (χ3n) is 5.02. The van der Waals surface area contributed by atoms with Gasteiger partial charge < -0.3 is 10.1 Å². The van der Waals surface area contributed by atoms with Crippen LogP contribution in [-0.2, 0) is 16.1 Å². The summed E-state index contributed by atoms with van der Waals surface area (Å²) in [5.41, 5.74) is 2.21. The molecule has 2 aromatic carbocycles. The maximum atomic E-state index is 12.4. The largest absolute Gasteiger partial charge is 0.374 e. The van der Waals surface area contributed by atoms with Gasteiger partial charge in [0.25, 0.3) is 0 Å². The summed E-state index contributed by atoms with van der Waals surface area (Å²) in [6, 6.07) is 18.0. The predicted molar refractivity (Wildman–Crippen MR) is 124 cm³/mol. The molecule has 1 saturated heterocycles. The number of rotatable bonds is 8. The summed E-state index contributed by atoms with van der Waals surface area (Å²) in [5.74, 6) is 0.257. The van der Waals surface area contributed by atoms with Gasteiger partial charge in [0.15, 0.2) is 5.16 Å². The molecule has 1 aromatic heterocycles. The van der Waals surface area contributed by atoms with Crippen LogP contribution in [0.1, 0.15) is 5.56 Å². The van der Waals surface area contributed by atoms with Gasteiger partial charge in [-0.3, -0.25) is 14.3 Å². The normalized spacial score (nSPS) is 16.9. The molecule has 0 bridgehead atoms. The van der Waals surface area contributed by atoms with Crippen molar-refractivity contribution in [3.63, 3.8) is 0 Å². The number of hydrogen-bond donors (Lipinski definition) is 1. The van der Waals surface area contributed by atoms with Crippen molar-refractivity contribution in [2.75, 3.05) is 32.0 Å². The van der Waals surface area contributed by atoms with Gasteiger partial charge in [-0.25, -0.2) is 4.98 Å². The summed E-state index contributed by atoms with van der Waals surface area (Å²) in [7, 11) is 0. The summed E-state index contributed by atoms with van der Waals surface area (Å²) in [6.07, 6.45) is 3.58. The Hall–Kier alpha value is -2.32. The van der Waals surface area contributed by atoms with E-state index in [1.165, 1.54) is 17.3 Å². The van der Waals surface area contributed by atoms with E-state index in [4.69, 9.17) is 16.3 Å². The first-order valence-corrected chi connectivity index (χ1v) is 11.6. The van der Waals surface area contributed by atoms with Crippen LogP contribution in [0.2, 0.25) is 5.02 Å². The van der Waals surface area contributed by atoms with E-state index < -0.39 is 0 Å². The maximum absolute atomic E-state index is 12.4. The number of hydrogen-bond acceptors (Lipinski definition) is 5. The van der Waals surface area contributed by atoms with Crippen molar-refractivity contribution in [1.29, 1.82) is 0 Å². The van der Waals surface area contributed by atoms with Gasteiger partial charge >= 0.3 is 0 Å². The molecule has 0 radical (unpaired) electrons. The number of ether oxygens (including phenoxy) is 1. The zero-order chi connectivity index (χ0) is 21.5. The van der Waals surface area contributed by atoms with Gasteiger partial charge in [0, 0.05) is 49.3 Å². The van der Waals surface area contributed by atoms with E-state index in [0.717, 1.165) is 30.5 Å². The van der Waals surface area contributed by atoms with Gasteiger partial charge in [-0.15, -0.1) is 0 Å². The number of morpholine rings is 1. The zero-order valence-corrected chi connectivity index (χ0v) is 18.7. The second-order valence-corrected chi connectivity index (χ2v) is 8.74. The molecule has 1 unspecified atom stereocenters. The van der Waals surface area contributed by atoms with Crippen LogP contribution < -0.4 is 5.32 Å². The van der Waals surface area contributed by atoms with E-state index in [2.05, 4.69) is 39.5 Å². The minimum atomic E-state index is -0.0329. The molecule has 1 atom stereocenters. The van der Waals surface area contributed by atoms with Gasteiger partial charge in [0.2, 0.25) is 5.91 Å². The number of benzene rings is 2. The Bertz CT molecular complexity index is 998. The Labute approximate surface area is 191 Å². The fourth-order valence-electron chi connectivity index (χ4n) is 3.52. The molecule has 162 valence electrons. The first kappa shape index (κ1) is 21.9. The van der Waals surface area contributed by atoms with Crippen molar-refractivity contribution in [3.05, 3.63) is 77.6 Å². The number of nitrogens with one attached hydrogen (secondary N) is 1. The summed E-state index contributed by atoms with van der Waals surface area (Å²) in [5, 5.41) is 4.41. The molecule has 1 amide bonds. The molecule has 2 heterocycles. The molecule has 1 aliphatic heterocycles. The van der Waals surface area contributed by atoms with Crippen LogP contribution in [-0.4, -0.2) is 58.5 Å². The highest BCUT2D eigenvalue weighted by molar-refractivity contribution is 7.99. The van der Waals surface area contributed by atoms with Gasteiger partial charge in [0.1, 0.15) is 0 Å². The summed E-state index contributed by atoms with van der Waals surface area (Å²) in [6.45, 7) is 3.80. The third-order valence-corrected chi connectivity index (χ3v) is 6.23. The monoisotopic (exact) mass is 456 g/mol. The number of amides is 1. The number of nitrogens with zero attached hydrogens (tertiary/aromatic N) is 3. The lowest BCUT2D eigenvalue weighted by Crippen LogP contribution is -2.47. The van der Waals surface area contributed by atoms with Gasteiger partial charge in [-0.2, -0.15) is 0 Å². The van der Waals surface area contributed by atoms with Gasteiger partial charge in [-0.05, 0) is 23.8 Å². The van der Waals surface area contributed by atoms with Gasteiger partial charge in [-0.1, -0.05) is 59.8 Å². The number of aromatic nitrogens is 2. The van der Waals surface area contributed by atoms with Crippen LogP contribution in [0.5, 0.6) is 0 Å². The van der Waals surface area contributed by atoms with Crippen LogP contribution >= 0.6 is 23.4 Å². The van der Waals surface area contributed by atoms with E-state index in [1.54, 1.807) is 6.20 Å². The van der Waals surface area contributed by atoms with Crippen molar-refractivity contribution in [3.8, 4) is 5.69 Å². The molecule has 3 aromatic rings. The third kappa shape index (κ3) is 6.33. The molecule has 0 saturated carbocycles. The first-order valence-electron chi connectivity index (χ1n) is 10.2. The fourth-order valence-corrected chi connectivity index (χ4v) is 4.50. The number of thioether (sulfide) groups is 1. The highest BCUT2D eigenvalue weighted by Crippen LogP contribution is 2.22. The second kappa shape index (κ2) is 10.8. The topological polar surface area (TPSA) is 59.4 Å². The first-order chi connectivity index (χ1) is 15.2.